The smallest absolute Gasteiger partial charge is 0.124 e. The van der Waals surface area contributed by atoms with Crippen molar-refractivity contribution < 1.29 is 4.39 Å². The standard InChI is InChI=1S/C15H17FN4/c1-9-5-11(7-12(16)6-9)15-14(10(2)17)13-8-18-3-4-20(13)19-15/h5-7,18H,2-4,8,17H2,1H3. The van der Waals surface area contributed by atoms with Gasteiger partial charge in [0.25, 0.3) is 0 Å². The van der Waals surface area contributed by atoms with E-state index in [9.17, 15) is 4.39 Å². The number of aryl methyl sites for hydroxylation is 1. The van der Waals surface area contributed by atoms with Crippen molar-refractivity contribution in [2.45, 2.75) is 20.0 Å². The fourth-order valence-electron chi connectivity index (χ4n) is 2.67. The summed E-state index contributed by atoms with van der Waals surface area (Å²) in [5.74, 6) is -0.266. The van der Waals surface area contributed by atoms with Crippen LogP contribution >= 0.6 is 0 Å². The lowest BCUT2D eigenvalue weighted by atomic mass is 10.0. The second-order valence-electron chi connectivity index (χ2n) is 5.11. The molecule has 2 aromatic rings. The van der Waals surface area contributed by atoms with Gasteiger partial charge < -0.3 is 11.1 Å². The summed E-state index contributed by atoms with van der Waals surface area (Å²) in [7, 11) is 0. The van der Waals surface area contributed by atoms with E-state index in [0.717, 1.165) is 35.5 Å². The lowest BCUT2D eigenvalue weighted by molar-refractivity contribution is 0.476. The second kappa shape index (κ2) is 4.76. The summed E-state index contributed by atoms with van der Waals surface area (Å²) >= 11 is 0. The Balaban J connectivity index is 2.22. The molecular formula is C15H17FN4. The lowest BCUT2D eigenvalue weighted by Gasteiger charge is -2.15. The van der Waals surface area contributed by atoms with Crippen molar-refractivity contribution in [3.8, 4) is 11.3 Å². The van der Waals surface area contributed by atoms with Gasteiger partial charge in [-0.2, -0.15) is 5.10 Å². The molecule has 0 amide bonds. The zero-order valence-electron chi connectivity index (χ0n) is 11.4. The highest BCUT2D eigenvalue weighted by molar-refractivity contribution is 5.78. The average Bonchev–Trinajstić information content (AvgIpc) is 2.76. The predicted molar refractivity (Wildman–Crippen MR) is 77.3 cm³/mol. The number of benzene rings is 1. The molecule has 3 rings (SSSR count). The van der Waals surface area contributed by atoms with E-state index in [0.29, 0.717) is 17.9 Å². The zero-order chi connectivity index (χ0) is 14.3. The van der Waals surface area contributed by atoms with Crippen molar-refractivity contribution in [3.05, 3.63) is 47.4 Å². The van der Waals surface area contributed by atoms with Crippen molar-refractivity contribution in [3.63, 3.8) is 0 Å². The highest BCUT2D eigenvalue weighted by Crippen LogP contribution is 2.30. The average molecular weight is 272 g/mol. The molecule has 0 aliphatic carbocycles. The minimum atomic E-state index is -0.266. The van der Waals surface area contributed by atoms with Gasteiger partial charge in [-0.1, -0.05) is 6.58 Å². The highest BCUT2D eigenvalue weighted by Gasteiger charge is 2.22. The van der Waals surface area contributed by atoms with Gasteiger partial charge in [-0.15, -0.1) is 0 Å². The second-order valence-corrected chi connectivity index (χ2v) is 5.11. The summed E-state index contributed by atoms with van der Waals surface area (Å²) in [5.41, 5.74) is 10.5. The Bertz CT molecular complexity index is 667. The Hall–Kier alpha value is -2.14. The first kappa shape index (κ1) is 12.9. The summed E-state index contributed by atoms with van der Waals surface area (Å²) in [6.07, 6.45) is 0. The molecule has 0 saturated heterocycles. The molecule has 0 bridgehead atoms. The van der Waals surface area contributed by atoms with E-state index in [2.05, 4.69) is 17.0 Å². The zero-order valence-corrected chi connectivity index (χ0v) is 11.4. The number of nitrogens with zero attached hydrogens (tertiary/aromatic N) is 2. The van der Waals surface area contributed by atoms with Gasteiger partial charge >= 0.3 is 0 Å². The molecule has 104 valence electrons. The van der Waals surface area contributed by atoms with Crippen LogP contribution in [0.2, 0.25) is 0 Å². The maximum atomic E-state index is 13.6. The van der Waals surface area contributed by atoms with Crippen LogP contribution in [0.5, 0.6) is 0 Å². The molecule has 4 nitrogen and oxygen atoms in total. The van der Waals surface area contributed by atoms with Gasteiger partial charge in [-0.25, -0.2) is 4.39 Å². The molecule has 0 fully saturated rings. The third kappa shape index (κ3) is 2.10. The molecule has 0 atom stereocenters. The van der Waals surface area contributed by atoms with E-state index in [-0.39, 0.29) is 5.82 Å². The van der Waals surface area contributed by atoms with Crippen LogP contribution in [-0.4, -0.2) is 16.3 Å². The number of halogens is 1. The van der Waals surface area contributed by atoms with Gasteiger partial charge in [-0.3, -0.25) is 4.68 Å². The minimum absolute atomic E-state index is 0.266. The van der Waals surface area contributed by atoms with Crippen molar-refractivity contribution >= 4 is 5.70 Å². The number of aromatic nitrogens is 2. The first-order chi connectivity index (χ1) is 9.56. The van der Waals surface area contributed by atoms with E-state index >= 15 is 0 Å². The molecule has 2 heterocycles. The maximum absolute atomic E-state index is 13.6. The molecule has 5 heteroatoms. The monoisotopic (exact) mass is 272 g/mol. The summed E-state index contributed by atoms with van der Waals surface area (Å²) in [5, 5.41) is 7.89. The molecule has 20 heavy (non-hydrogen) atoms. The van der Waals surface area contributed by atoms with Crippen LogP contribution in [0.15, 0.2) is 24.8 Å². The molecule has 1 aromatic carbocycles. The number of hydrogen-bond acceptors (Lipinski definition) is 3. The SMILES string of the molecule is C=C(N)c1c(-c2cc(C)cc(F)c2)nn2c1CNCC2. The van der Waals surface area contributed by atoms with E-state index in [1.54, 1.807) is 0 Å². The lowest BCUT2D eigenvalue weighted by Crippen LogP contribution is -2.29. The molecule has 1 aliphatic rings. The van der Waals surface area contributed by atoms with Crippen LogP contribution in [-0.2, 0) is 13.1 Å². The molecule has 0 spiro atoms. The van der Waals surface area contributed by atoms with Crippen LogP contribution < -0.4 is 11.1 Å². The Morgan fingerprint density at radius 2 is 2.25 bits per heavy atom. The largest absolute Gasteiger partial charge is 0.399 e. The first-order valence-electron chi connectivity index (χ1n) is 6.59. The van der Waals surface area contributed by atoms with Crippen molar-refractivity contribution in [2.75, 3.05) is 6.54 Å². The molecule has 3 N–H and O–H groups in total. The van der Waals surface area contributed by atoms with Gasteiger partial charge in [0.05, 0.1) is 12.2 Å². The third-order valence-corrected chi connectivity index (χ3v) is 3.49. The Kier molecular flexibility index (Phi) is 3.06. The first-order valence-corrected chi connectivity index (χ1v) is 6.59. The summed E-state index contributed by atoms with van der Waals surface area (Å²) in [6.45, 7) is 8.05. The Morgan fingerprint density at radius 3 is 2.95 bits per heavy atom. The van der Waals surface area contributed by atoms with E-state index < -0.39 is 0 Å². The highest BCUT2D eigenvalue weighted by atomic mass is 19.1. The van der Waals surface area contributed by atoms with Crippen molar-refractivity contribution in [1.29, 1.82) is 0 Å². The van der Waals surface area contributed by atoms with Crippen molar-refractivity contribution in [2.24, 2.45) is 5.73 Å². The Labute approximate surface area is 117 Å². The third-order valence-electron chi connectivity index (χ3n) is 3.49. The van der Waals surface area contributed by atoms with Crippen LogP contribution in [0.1, 0.15) is 16.8 Å². The molecule has 1 aliphatic heterocycles. The predicted octanol–water partition coefficient (Wildman–Crippen LogP) is 2.03. The number of fused-ring (bicyclic) bond motifs is 1. The van der Waals surface area contributed by atoms with E-state index in [1.165, 1.54) is 12.1 Å². The molecule has 0 radical (unpaired) electrons. The van der Waals surface area contributed by atoms with E-state index in [4.69, 9.17) is 5.73 Å². The Morgan fingerprint density at radius 1 is 1.45 bits per heavy atom. The summed E-state index contributed by atoms with van der Waals surface area (Å²) in [4.78, 5) is 0. The minimum Gasteiger partial charge on any atom is -0.399 e. The number of rotatable bonds is 2. The fourth-order valence-corrected chi connectivity index (χ4v) is 2.67. The quantitative estimate of drug-likeness (QED) is 0.879. The summed E-state index contributed by atoms with van der Waals surface area (Å²) in [6, 6.07) is 4.90. The molecule has 0 unspecified atom stereocenters. The molecular weight excluding hydrogens is 255 g/mol. The van der Waals surface area contributed by atoms with Gasteiger partial charge in [0.2, 0.25) is 0 Å². The number of nitrogens with two attached hydrogens (primary N) is 1. The fraction of sp³-hybridized carbons (Fsp3) is 0.267. The maximum Gasteiger partial charge on any atom is 0.124 e. The normalized spacial score (nSPS) is 14.1. The van der Waals surface area contributed by atoms with Crippen LogP contribution in [0.4, 0.5) is 4.39 Å². The van der Waals surface area contributed by atoms with Crippen molar-refractivity contribution in [1.82, 2.24) is 15.1 Å². The number of hydrogen-bond donors (Lipinski definition) is 2. The van der Waals surface area contributed by atoms with Crippen LogP contribution in [0.25, 0.3) is 17.0 Å². The van der Waals surface area contributed by atoms with E-state index in [1.807, 2.05) is 17.7 Å². The van der Waals surface area contributed by atoms with Gasteiger partial charge in [0.1, 0.15) is 11.5 Å². The van der Waals surface area contributed by atoms with Gasteiger partial charge in [0.15, 0.2) is 0 Å². The van der Waals surface area contributed by atoms with Crippen LogP contribution in [0.3, 0.4) is 0 Å². The molecule has 0 saturated carbocycles. The topological polar surface area (TPSA) is 55.9 Å². The summed E-state index contributed by atoms with van der Waals surface area (Å²) < 4.78 is 15.6. The van der Waals surface area contributed by atoms with Gasteiger partial charge in [0, 0.05) is 29.9 Å². The van der Waals surface area contributed by atoms with Gasteiger partial charge in [-0.05, 0) is 30.7 Å². The van der Waals surface area contributed by atoms with Crippen LogP contribution in [0, 0.1) is 12.7 Å². The molecule has 1 aromatic heterocycles. The number of nitrogens with one attached hydrogen (secondary N) is 1.